The molecule has 2 unspecified atom stereocenters. The van der Waals surface area contributed by atoms with Crippen LogP contribution < -0.4 is 10.2 Å². The van der Waals surface area contributed by atoms with E-state index in [-0.39, 0.29) is 0 Å². The number of hydrogen-bond acceptors (Lipinski definition) is 5. The van der Waals surface area contributed by atoms with Gasteiger partial charge in [-0.05, 0) is 31.7 Å². The van der Waals surface area contributed by atoms with Gasteiger partial charge in [0.15, 0.2) is 5.82 Å². The first kappa shape index (κ1) is 12.0. The first-order chi connectivity index (χ1) is 9.81. The summed E-state index contributed by atoms with van der Waals surface area (Å²) in [5.74, 6) is 3.22. The minimum atomic E-state index is 0.540. The third-order valence-electron chi connectivity index (χ3n) is 4.41. The third kappa shape index (κ3) is 1.91. The van der Waals surface area contributed by atoms with Crippen LogP contribution in [-0.4, -0.2) is 40.9 Å². The number of anilines is 1. The van der Waals surface area contributed by atoms with Gasteiger partial charge in [0.2, 0.25) is 5.95 Å². The lowest BCUT2D eigenvalue weighted by atomic mass is 9.92. The summed E-state index contributed by atoms with van der Waals surface area (Å²) in [6, 6.07) is 2.51. The number of H-pyrrole nitrogens is 1. The van der Waals surface area contributed by atoms with Crippen molar-refractivity contribution in [3.05, 3.63) is 18.1 Å². The van der Waals surface area contributed by atoms with Crippen LogP contribution in [0.25, 0.3) is 11.4 Å². The van der Waals surface area contributed by atoms with E-state index in [0.29, 0.717) is 6.04 Å². The fourth-order valence-corrected chi connectivity index (χ4v) is 3.39. The molecule has 2 atom stereocenters. The van der Waals surface area contributed by atoms with Gasteiger partial charge < -0.3 is 14.6 Å². The zero-order valence-electron chi connectivity index (χ0n) is 11.6. The molecule has 0 aliphatic carbocycles. The normalized spacial score (nSPS) is 25.9. The molecular weight excluding hydrogens is 254 g/mol. The maximum atomic E-state index is 5.33. The Balaban J connectivity index is 1.61. The minimum Gasteiger partial charge on any atom is -0.469 e. The Morgan fingerprint density at radius 3 is 3.20 bits per heavy atom. The number of aryl methyl sites for hydroxylation is 1. The molecule has 0 spiro atoms. The van der Waals surface area contributed by atoms with Gasteiger partial charge in [0.1, 0.15) is 12.0 Å². The fourth-order valence-electron chi connectivity index (χ4n) is 3.39. The lowest BCUT2D eigenvalue weighted by molar-refractivity contribution is 0.381. The molecule has 2 aliphatic rings. The van der Waals surface area contributed by atoms with Crippen LogP contribution >= 0.6 is 0 Å². The first-order valence-corrected chi connectivity index (χ1v) is 7.26. The van der Waals surface area contributed by atoms with Crippen molar-refractivity contribution in [2.45, 2.75) is 25.8 Å². The van der Waals surface area contributed by atoms with E-state index in [1.54, 1.807) is 6.26 Å². The number of furan rings is 1. The molecule has 6 heteroatoms. The molecule has 2 N–H and O–H groups in total. The summed E-state index contributed by atoms with van der Waals surface area (Å²) in [5, 5.41) is 10.9. The average Bonchev–Trinajstić information content (AvgIpc) is 3.17. The summed E-state index contributed by atoms with van der Waals surface area (Å²) in [5.41, 5.74) is 0.958. The molecule has 106 valence electrons. The molecule has 0 amide bonds. The molecule has 0 aromatic carbocycles. The quantitative estimate of drug-likeness (QED) is 0.869. The van der Waals surface area contributed by atoms with E-state index in [1.165, 1.54) is 12.8 Å². The highest BCUT2D eigenvalue weighted by molar-refractivity contribution is 5.55. The minimum absolute atomic E-state index is 0.540. The summed E-state index contributed by atoms with van der Waals surface area (Å²) in [6.07, 6.45) is 4.25. The fraction of sp³-hybridized carbons (Fsp3) is 0.571. The van der Waals surface area contributed by atoms with Crippen molar-refractivity contribution in [3.8, 4) is 11.4 Å². The molecule has 2 aliphatic heterocycles. The van der Waals surface area contributed by atoms with E-state index in [2.05, 4.69) is 25.4 Å². The Labute approximate surface area is 117 Å². The smallest absolute Gasteiger partial charge is 0.245 e. The lowest BCUT2D eigenvalue weighted by Crippen LogP contribution is -2.45. The second-order valence-corrected chi connectivity index (χ2v) is 5.75. The van der Waals surface area contributed by atoms with E-state index in [0.717, 1.165) is 48.6 Å². The zero-order valence-corrected chi connectivity index (χ0v) is 11.6. The van der Waals surface area contributed by atoms with Crippen LogP contribution in [0, 0.1) is 12.8 Å². The van der Waals surface area contributed by atoms with E-state index < -0.39 is 0 Å². The highest BCUT2D eigenvalue weighted by Gasteiger charge is 2.36. The molecular formula is C14H19N5O. The van der Waals surface area contributed by atoms with Gasteiger partial charge in [0.25, 0.3) is 0 Å². The topological polar surface area (TPSA) is 70.0 Å². The number of nitrogens with zero attached hydrogens (tertiary/aromatic N) is 3. The maximum absolute atomic E-state index is 5.33. The number of aromatic amines is 1. The van der Waals surface area contributed by atoms with Gasteiger partial charge in [-0.15, -0.1) is 5.10 Å². The summed E-state index contributed by atoms with van der Waals surface area (Å²) in [7, 11) is 0. The van der Waals surface area contributed by atoms with Crippen LogP contribution in [0.2, 0.25) is 0 Å². The molecule has 2 aromatic heterocycles. The van der Waals surface area contributed by atoms with Crippen molar-refractivity contribution in [3.63, 3.8) is 0 Å². The monoisotopic (exact) mass is 273 g/mol. The highest BCUT2D eigenvalue weighted by atomic mass is 16.3. The van der Waals surface area contributed by atoms with Crippen LogP contribution in [0.1, 0.15) is 18.6 Å². The maximum Gasteiger partial charge on any atom is 0.245 e. The molecule has 2 fully saturated rings. The van der Waals surface area contributed by atoms with Gasteiger partial charge in [-0.1, -0.05) is 0 Å². The zero-order chi connectivity index (χ0) is 13.5. The second-order valence-electron chi connectivity index (χ2n) is 5.75. The molecule has 4 heterocycles. The van der Waals surface area contributed by atoms with Crippen LogP contribution in [0.4, 0.5) is 5.95 Å². The predicted octanol–water partition coefficient (Wildman–Crippen LogP) is 1.56. The third-order valence-corrected chi connectivity index (χ3v) is 4.41. The van der Waals surface area contributed by atoms with Crippen molar-refractivity contribution in [1.29, 1.82) is 0 Å². The number of piperidine rings is 1. The predicted molar refractivity (Wildman–Crippen MR) is 75.5 cm³/mol. The van der Waals surface area contributed by atoms with Gasteiger partial charge >= 0.3 is 0 Å². The molecule has 2 saturated heterocycles. The van der Waals surface area contributed by atoms with Crippen molar-refractivity contribution < 1.29 is 4.42 Å². The summed E-state index contributed by atoms with van der Waals surface area (Å²) in [4.78, 5) is 7.00. The Morgan fingerprint density at radius 1 is 1.40 bits per heavy atom. The number of nitrogens with one attached hydrogen (secondary N) is 2. The molecule has 0 radical (unpaired) electrons. The molecule has 2 aromatic rings. The molecule has 20 heavy (non-hydrogen) atoms. The molecule has 0 bridgehead atoms. The summed E-state index contributed by atoms with van der Waals surface area (Å²) >= 11 is 0. The van der Waals surface area contributed by atoms with Crippen molar-refractivity contribution in [2.24, 2.45) is 5.92 Å². The van der Waals surface area contributed by atoms with Crippen LogP contribution in [0.15, 0.2) is 16.7 Å². The molecule has 6 nitrogen and oxygen atoms in total. The molecule has 4 rings (SSSR count). The van der Waals surface area contributed by atoms with Crippen LogP contribution in [0.3, 0.4) is 0 Å². The van der Waals surface area contributed by atoms with Gasteiger partial charge in [-0.2, -0.15) is 4.98 Å². The number of aromatic nitrogens is 3. The van der Waals surface area contributed by atoms with Gasteiger partial charge in [0, 0.05) is 25.7 Å². The highest BCUT2D eigenvalue weighted by Crippen LogP contribution is 2.30. The van der Waals surface area contributed by atoms with Crippen molar-refractivity contribution in [2.75, 3.05) is 24.5 Å². The standard InChI is InChI=1S/C14H19N5O/c1-9-5-11(8-20-9)13-16-14(18-17-13)19-4-2-3-10-6-15-7-12(10)19/h5,8,10,12,15H,2-4,6-7H2,1H3,(H,16,17,18). The lowest BCUT2D eigenvalue weighted by Gasteiger charge is -2.36. The number of fused-ring (bicyclic) bond motifs is 1. The van der Waals surface area contributed by atoms with Crippen LogP contribution in [-0.2, 0) is 0 Å². The summed E-state index contributed by atoms with van der Waals surface area (Å²) < 4.78 is 5.33. The Morgan fingerprint density at radius 2 is 2.35 bits per heavy atom. The van der Waals surface area contributed by atoms with Gasteiger partial charge in [-0.25, -0.2) is 0 Å². The summed E-state index contributed by atoms with van der Waals surface area (Å²) in [6.45, 7) is 5.14. The SMILES string of the molecule is Cc1cc(-c2nc(N3CCCC4CNCC43)n[nH]2)co1. The number of rotatable bonds is 2. The van der Waals surface area contributed by atoms with E-state index in [1.807, 2.05) is 13.0 Å². The second kappa shape index (κ2) is 4.63. The first-order valence-electron chi connectivity index (χ1n) is 7.26. The Hall–Kier alpha value is -1.82. The van der Waals surface area contributed by atoms with E-state index >= 15 is 0 Å². The van der Waals surface area contributed by atoms with Crippen molar-refractivity contribution in [1.82, 2.24) is 20.5 Å². The van der Waals surface area contributed by atoms with Crippen molar-refractivity contribution >= 4 is 5.95 Å². The Bertz CT molecular complexity index is 604. The van der Waals surface area contributed by atoms with E-state index in [9.17, 15) is 0 Å². The van der Waals surface area contributed by atoms with E-state index in [4.69, 9.17) is 4.42 Å². The largest absolute Gasteiger partial charge is 0.469 e. The molecule has 0 saturated carbocycles. The van der Waals surface area contributed by atoms with Gasteiger partial charge in [0.05, 0.1) is 5.56 Å². The van der Waals surface area contributed by atoms with Gasteiger partial charge in [-0.3, -0.25) is 5.10 Å². The average molecular weight is 273 g/mol. The number of hydrogen-bond donors (Lipinski definition) is 2. The Kier molecular flexibility index (Phi) is 2.77. The van der Waals surface area contributed by atoms with Crippen LogP contribution in [0.5, 0.6) is 0 Å².